The number of unbranched alkanes of at least 4 members (excludes halogenated alkanes) is 3. The second-order valence-electron chi connectivity index (χ2n) is 7.64. The van der Waals surface area contributed by atoms with Gasteiger partial charge in [-0.2, -0.15) is 0 Å². The Kier molecular flexibility index (Phi) is 12.9. The van der Waals surface area contributed by atoms with E-state index in [0.717, 1.165) is 44.1 Å². The number of alkyl halides is 1. The summed E-state index contributed by atoms with van der Waals surface area (Å²) in [5, 5.41) is 18.7. The van der Waals surface area contributed by atoms with Crippen molar-refractivity contribution in [1.29, 1.82) is 0 Å². The fraction of sp³-hybridized carbons (Fsp3) is 0.625. The summed E-state index contributed by atoms with van der Waals surface area (Å²) in [5.74, 6) is -0.0895. The van der Waals surface area contributed by atoms with E-state index in [1.54, 1.807) is 0 Å². The molecule has 0 heterocycles. The number of carbonyl (C=O) groups is 1. The van der Waals surface area contributed by atoms with Crippen molar-refractivity contribution in [3.05, 3.63) is 47.5 Å². The Balaban J connectivity index is 0.000000370. The monoisotopic (exact) mass is 408 g/mol. The van der Waals surface area contributed by atoms with Gasteiger partial charge in [0.2, 0.25) is 0 Å². The molecule has 3 atom stereocenters. The number of halogens is 1. The molecule has 3 nitrogen and oxygen atoms in total. The minimum Gasteiger partial charge on any atom is -0.481 e. The molecule has 1 saturated carbocycles. The molecule has 2 unspecified atom stereocenters. The Hall–Kier alpha value is -1.32. The van der Waals surface area contributed by atoms with Crippen LogP contribution in [0.2, 0.25) is 0 Å². The number of hydrogen-bond donors (Lipinski definition) is 2. The molecular weight excluding hydrogens is 372 g/mol. The Morgan fingerprint density at radius 3 is 2.46 bits per heavy atom. The number of rotatable bonds is 10. The molecule has 2 rings (SSSR count). The summed E-state index contributed by atoms with van der Waals surface area (Å²) in [4.78, 5) is 9.94. The lowest BCUT2D eigenvalue weighted by molar-refractivity contribution is -0.137. The van der Waals surface area contributed by atoms with E-state index in [1.807, 2.05) is 19.1 Å². The summed E-state index contributed by atoms with van der Waals surface area (Å²) in [6.45, 7) is 4.12. The van der Waals surface area contributed by atoms with Crippen LogP contribution in [0, 0.1) is 0 Å². The maximum atomic E-state index is 10.1. The zero-order valence-electron chi connectivity index (χ0n) is 17.4. The van der Waals surface area contributed by atoms with Crippen LogP contribution in [0.5, 0.6) is 0 Å². The average molecular weight is 409 g/mol. The van der Waals surface area contributed by atoms with Crippen LogP contribution in [0.25, 0.3) is 0 Å². The number of aliphatic hydroxyl groups is 1. The van der Waals surface area contributed by atoms with Crippen molar-refractivity contribution < 1.29 is 15.0 Å². The molecule has 0 aromatic heterocycles. The molecule has 0 amide bonds. The zero-order valence-corrected chi connectivity index (χ0v) is 18.2. The first kappa shape index (κ1) is 24.7. The average Bonchev–Trinajstić information content (AvgIpc) is 3.12. The first-order valence-electron chi connectivity index (χ1n) is 10.7. The van der Waals surface area contributed by atoms with E-state index in [0.29, 0.717) is 11.3 Å². The van der Waals surface area contributed by atoms with E-state index in [1.165, 1.54) is 24.8 Å². The minimum absolute atomic E-state index is 0.282. The molecule has 1 aliphatic carbocycles. The van der Waals surface area contributed by atoms with Crippen LogP contribution < -0.4 is 0 Å². The topological polar surface area (TPSA) is 57.5 Å². The van der Waals surface area contributed by atoms with Gasteiger partial charge in [0.15, 0.2) is 0 Å². The molecule has 0 radical (unpaired) electrons. The van der Waals surface area contributed by atoms with Crippen molar-refractivity contribution in [2.24, 2.45) is 0 Å². The second kappa shape index (κ2) is 14.6. The smallest absolute Gasteiger partial charge is 0.303 e. The Morgan fingerprint density at radius 1 is 1.21 bits per heavy atom. The van der Waals surface area contributed by atoms with Gasteiger partial charge in [-0.3, -0.25) is 4.79 Å². The highest BCUT2D eigenvalue weighted by Crippen LogP contribution is 2.37. The molecule has 0 aliphatic heterocycles. The third-order valence-corrected chi connectivity index (χ3v) is 5.64. The highest BCUT2D eigenvalue weighted by molar-refractivity contribution is 6.20. The second-order valence-corrected chi connectivity index (χ2v) is 8.26. The van der Waals surface area contributed by atoms with Crippen molar-refractivity contribution in [2.75, 3.05) is 0 Å². The Labute approximate surface area is 175 Å². The van der Waals surface area contributed by atoms with Crippen molar-refractivity contribution in [3.8, 4) is 0 Å². The van der Waals surface area contributed by atoms with Gasteiger partial charge in [0, 0.05) is 11.8 Å². The van der Waals surface area contributed by atoms with Gasteiger partial charge < -0.3 is 10.2 Å². The SMILES string of the molecule is C/C=C\CCCC(=O)O.CCCCCC(O)c1ccc([C@H]2CCC(Cl)C2)cc1. The number of carboxylic acids is 1. The number of allylic oxidation sites excluding steroid dienone is 2. The first-order valence-corrected chi connectivity index (χ1v) is 11.2. The molecule has 0 saturated heterocycles. The largest absolute Gasteiger partial charge is 0.481 e. The molecule has 1 aromatic rings. The van der Waals surface area contributed by atoms with Gasteiger partial charge in [-0.15, -0.1) is 11.6 Å². The maximum Gasteiger partial charge on any atom is 0.303 e. The van der Waals surface area contributed by atoms with Gasteiger partial charge in [0.05, 0.1) is 6.10 Å². The van der Waals surface area contributed by atoms with Crippen LogP contribution in [-0.2, 0) is 4.79 Å². The fourth-order valence-corrected chi connectivity index (χ4v) is 3.85. The van der Waals surface area contributed by atoms with Gasteiger partial charge >= 0.3 is 5.97 Å². The van der Waals surface area contributed by atoms with Crippen LogP contribution in [0.1, 0.15) is 101 Å². The van der Waals surface area contributed by atoms with E-state index in [-0.39, 0.29) is 12.5 Å². The summed E-state index contributed by atoms with van der Waals surface area (Å²) in [7, 11) is 0. The van der Waals surface area contributed by atoms with Gasteiger partial charge in [0.25, 0.3) is 0 Å². The van der Waals surface area contributed by atoms with E-state index >= 15 is 0 Å². The van der Waals surface area contributed by atoms with Crippen molar-refractivity contribution >= 4 is 17.6 Å². The number of carboxylic acid groups (broad SMARTS) is 1. The molecule has 0 spiro atoms. The normalized spacial score (nSPS) is 20.0. The van der Waals surface area contributed by atoms with Crippen LogP contribution in [-0.4, -0.2) is 21.6 Å². The van der Waals surface area contributed by atoms with Crippen molar-refractivity contribution in [3.63, 3.8) is 0 Å². The fourth-order valence-electron chi connectivity index (χ4n) is 3.51. The lowest BCUT2D eigenvalue weighted by atomic mass is 9.95. The third kappa shape index (κ3) is 10.3. The van der Waals surface area contributed by atoms with Crippen LogP contribution in [0.15, 0.2) is 36.4 Å². The molecule has 1 aromatic carbocycles. The van der Waals surface area contributed by atoms with Crippen molar-refractivity contribution in [2.45, 2.75) is 95.5 Å². The van der Waals surface area contributed by atoms with Gasteiger partial charge in [-0.05, 0) is 62.5 Å². The number of hydrogen-bond acceptors (Lipinski definition) is 2. The standard InChI is InChI=1S/C17H25ClO.C7H12O2/c1-2-3-4-5-17(19)14-8-6-13(7-9-14)15-10-11-16(18)12-15;1-2-3-4-5-6-7(8)9/h6-9,15-17,19H,2-5,10-12H2,1H3;2-3H,4-6H2,1H3,(H,8,9)/b;3-2-/t15-,16?,17?;/m0./s1. The van der Waals surface area contributed by atoms with Gasteiger partial charge in [-0.1, -0.05) is 62.6 Å². The third-order valence-electron chi connectivity index (χ3n) is 5.24. The lowest BCUT2D eigenvalue weighted by Crippen LogP contribution is -1.99. The minimum atomic E-state index is -0.709. The molecule has 28 heavy (non-hydrogen) atoms. The predicted octanol–water partition coefficient (Wildman–Crippen LogP) is 6.99. The number of aliphatic hydroxyl groups excluding tert-OH is 1. The maximum absolute atomic E-state index is 10.1. The van der Waals surface area contributed by atoms with Crippen LogP contribution in [0.3, 0.4) is 0 Å². The van der Waals surface area contributed by atoms with Crippen LogP contribution in [0.4, 0.5) is 0 Å². The highest BCUT2D eigenvalue weighted by atomic mass is 35.5. The van der Waals surface area contributed by atoms with E-state index in [4.69, 9.17) is 16.7 Å². The van der Waals surface area contributed by atoms with Crippen molar-refractivity contribution in [1.82, 2.24) is 0 Å². The molecule has 0 bridgehead atoms. The summed E-state index contributed by atoms with van der Waals surface area (Å²) >= 11 is 6.17. The van der Waals surface area contributed by atoms with Gasteiger partial charge in [-0.25, -0.2) is 0 Å². The quantitative estimate of drug-likeness (QED) is 0.249. The zero-order chi connectivity index (χ0) is 20.8. The number of aliphatic carboxylic acids is 1. The van der Waals surface area contributed by atoms with E-state index in [9.17, 15) is 9.90 Å². The molecule has 1 aliphatic rings. The van der Waals surface area contributed by atoms with E-state index < -0.39 is 5.97 Å². The molecule has 158 valence electrons. The van der Waals surface area contributed by atoms with Crippen LogP contribution >= 0.6 is 11.6 Å². The van der Waals surface area contributed by atoms with Gasteiger partial charge in [0.1, 0.15) is 0 Å². The predicted molar refractivity (Wildman–Crippen MR) is 118 cm³/mol. The Bertz CT molecular complexity index is 568. The molecule has 2 N–H and O–H groups in total. The van der Waals surface area contributed by atoms with E-state index in [2.05, 4.69) is 31.2 Å². The summed E-state index contributed by atoms with van der Waals surface area (Å²) in [5.41, 5.74) is 2.44. The Morgan fingerprint density at radius 2 is 1.93 bits per heavy atom. The summed E-state index contributed by atoms with van der Waals surface area (Å²) in [6.07, 6.45) is 13.3. The first-order chi connectivity index (χ1) is 13.5. The summed E-state index contributed by atoms with van der Waals surface area (Å²) in [6, 6.07) is 8.54. The highest BCUT2D eigenvalue weighted by Gasteiger charge is 2.24. The molecular formula is C24H37ClO3. The molecule has 1 fully saturated rings. The summed E-state index contributed by atoms with van der Waals surface area (Å²) < 4.78 is 0. The lowest BCUT2D eigenvalue weighted by Gasteiger charge is -2.14. The number of benzene rings is 1. The molecule has 4 heteroatoms.